The highest BCUT2D eigenvalue weighted by Crippen LogP contribution is 2.41. The average Bonchev–Trinajstić information content (AvgIpc) is 3.31. The van der Waals surface area contributed by atoms with E-state index in [-0.39, 0.29) is 38.7 Å². The first kappa shape index (κ1) is 33.0. The molecule has 2 aromatic heterocycles. The summed E-state index contributed by atoms with van der Waals surface area (Å²) in [6.07, 6.45) is -9.34. The van der Waals surface area contributed by atoms with Crippen molar-refractivity contribution in [3.05, 3.63) is 75.5 Å². The Bertz CT molecular complexity index is 1600. The number of likely N-dealkylation sites (tertiary alicyclic amines) is 1. The molecule has 5 rings (SSSR count). The van der Waals surface area contributed by atoms with E-state index in [0.717, 1.165) is 4.90 Å². The number of carbonyl (C=O) groups is 1. The van der Waals surface area contributed by atoms with Gasteiger partial charge >= 0.3 is 12.4 Å². The summed E-state index contributed by atoms with van der Waals surface area (Å²) in [6.45, 7) is -1.45. The average molecular weight is 662 g/mol. The van der Waals surface area contributed by atoms with Crippen molar-refractivity contribution in [1.82, 2.24) is 29.5 Å². The van der Waals surface area contributed by atoms with E-state index in [1.165, 1.54) is 36.3 Å². The van der Waals surface area contributed by atoms with Crippen LogP contribution in [0.5, 0.6) is 5.75 Å². The maximum Gasteiger partial charge on any atom is 0.421 e. The van der Waals surface area contributed by atoms with Crippen molar-refractivity contribution in [3.63, 3.8) is 0 Å². The number of halogens is 8. The molecular formula is C28H27F8N7O3. The van der Waals surface area contributed by atoms with E-state index in [2.05, 4.69) is 15.1 Å². The molecule has 1 atom stereocenters. The number of anilines is 1. The fourth-order valence-corrected chi connectivity index (χ4v) is 5.34. The molecule has 18 heteroatoms. The van der Waals surface area contributed by atoms with Crippen LogP contribution in [0.3, 0.4) is 0 Å². The molecule has 2 fully saturated rings. The van der Waals surface area contributed by atoms with Gasteiger partial charge in [0, 0.05) is 45.0 Å². The zero-order chi connectivity index (χ0) is 33.4. The molecule has 1 aromatic carbocycles. The van der Waals surface area contributed by atoms with Gasteiger partial charge in [-0.05, 0) is 23.8 Å². The summed E-state index contributed by atoms with van der Waals surface area (Å²) in [5, 5.41) is 4.05. The highest BCUT2D eigenvalue weighted by atomic mass is 19.4. The van der Waals surface area contributed by atoms with Crippen molar-refractivity contribution >= 4 is 11.9 Å². The van der Waals surface area contributed by atoms with Gasteiger partial charge in [-0.15, -0.1) is 0 Å². The van der Waals surface area contributed by atoms with Crippen LogP contribution in [0.25, 0.3) is 0 Å². The molecule has 0 N–H and O–H groups in total. The van der Waals surface area contributed by atoms with Gasteiger partial charge in [0.1, 0.15) is 11.3 Å². The van der Waals surface area contributed by atoms with Gasteiger partial charge in [-0.25, -0.2) is 23.4 Å². The van der Waals surface area contributed by atoms with Crippen LogP contribution in [-0.2, 0) is 23.7 Å². The standard InChI is InChI=1S/C28H27F8N7O3/c1-46-19-4-2-17(3-5-19)14-43-24(45)20(28(34,35)36)10-21(39-43)22-11-26(29,30)16-42(22)15-23(44)40-6-8-41(9-7-40)25-37-12-18(13-38-25)27(31,32)33/h2-5,10,12-13,22H,6-9,11,14-16H2,1H3/t22-/m0/s1. The molecule has 0 saturated carbocycles. The second kappa shape index (κ2) is 12.4. The number of aromatic nitrogens is 4. The van der Waals surface area contributed by atoms with Crippen molar-refractivity contribution in [3.8, 4) is 5.75 Å². The van der Waals surface area contributed by atoms with E-state index in [4.69, 9.17) is 4.74 Å². The SMILES string of the molecule is COc1ccc(Cn2nc([C@@H]3CC(F)(F)CN3CC(=O)N3CCN(c4ncc(C(F)(F)F)cn4)CC3)cc(C(F)(F)F)c2=O)cc1. The van der Waals surface area contributed by atoms with Crippen molar-refractivity contribution in [2.45, 2.75) is 37.3 Å². The molecule has 10 nitrogen and oxygen atoms in total. The molecule has 2 saturated heterocycles. The van der Waals surface area contributed by atoms with Crippen molar-refractivity contribution < 1.29 is 44.7 Å². The van der Waals surface area contributed by atoms with Gasteiger partial charge in [-0.1, -0.05) is 12.1 Å². The zero-order valence-electron chi connectivity index (χ0n) is 24.2. The minimum absolute atomic E-state index is 0.0238. The van der Waals surface area contributed by atoms with Gasteiger partial charge in [0.2, 0.25) is 11.9 Å². The highest BCUT2D eigenvalue weighted by molar-refractivity contribution is 5.78. The molecule has 0 aliphatic carbocycles. The maximum atomic E-state index is 14.7. The molecule has 1 amide bonds. The number of rotatable bonds is 7. The van der Waals surface area contributed by atoms with E-state index < -0.39 is 72.1 Å². The molecule has 0 spiro atoms. The third-order valence-electron chi connectivity index (χ3n) is 7.72. The lowest BCUT2D eigenvalue weighted by Gasteiger charge is -2.36. The Morgan fingerprint density at radius 2 is 1.61 bits per heavy atom. The number of carbonyl (C=O) groups excluding carboxylic acids is 1. The van der Waals surface area contributed by atoms with Gasteiger partial charge in [-0.2, -0.15) is 31.4 Å². The van der Waals surface area contributed by atoms with Crippen molar-refractivity contribution in [1.29, 1.82) is 0 Å². The summed E-state index contributed by atoms with van der Waals surface area (Å²) in [6, 6.07) is 5.16. The fraction of sp³-hybridized carbons (Fsp3) is 0.464. The Morgan fingerprint density at radius 3 is 2.17 bits per heavy atom. The van der Waals surface area contributed by atoms with E-state index >= 15 is 0 Å². The lowest BCUT2D eigenvalue weighted by atomic mass is 10.1. The number of alkyl halides is 8. The normalized spacial score (nSPS) is 19.0. The smallest absolute Gasteiger partial charge is 0.421 e. The predicted molar refractivity (Wildman–Crippen MR) is 145 cm³/mol. The van der Waals surface area contributed by atoms with Gasteiger partial charge in [0.05, 0.1) is 44.0 Å². The first-order valence-electron chi connectivity index (χ1n) is 13.9. The lowest BCUT2D eigenvalue weighted by Crippen LogP contribution is -2.51. The molecule has 4 heterocycles. The van der Waals surface area contributed by atoms with Crippen LogP contribution in [0.15, 0.2) is 47.5 Å². The Morgan fingerprint density at radius 1 is 0.978 bits per heavy atom. The van der Waals surface area contributed by atoms with Gasteiger partial charge in [0.25, 0.3) is 11.5 Å². The Labute approximate surface area is 256 Å². The van der Waals surface area contributed by atoms with Crippen LogP contribution < -0.4 is 15.2 Å². The van der Waals surface area contributed by atoms with Crippen molar-refractivity contribution in [2.24, 2.45) is 0 Å². The third-order valence-corrected chi connectivity index (χ3v) is 7.72. The van der Waals surface area contributed by atoms with Gasteiger partial charge in [-0.3, -0.25) is 14.5 Å². The largest absolute Gasteiger partial charge is 0.497 e. The third kappa shape index (κ3) is 7.37. The van der Waals surface area contributed by atoms with Crippen LogP contribution in [0.2, 0.25) is 0 Å². The number of hydrogen-bond acceptors (Lipinski definition) is 8. The number of nitrogens with zero attached hydrogens (tertiary/aromatic N) is 7. The minimum Gasteiger partial charge on any atom is -0.497 e. The summed E-state index contributed by atoms with van der Waals surface area (Å²) in [7, 11) is 1.42. The second-order valence-corrected chi connectivity index (χ2v) is 10.9. The molecule has 46 heavy (non-hydrogen) atoms. The Balaban J connectivity index is 1.33. The molecule has 2 aliphatic rings. The number of ether oxygens (including phenoxy) is 1. The van der Waals surface area contributed by atoms with Crippen molar-refractivity contribution in [2.75, 3.05) is 51.3 Å². The van der Waals surface area contributed by atoms with Crippen LogP contribution in [0.1, 0.15) is 34.8 Å². The van der Waals surface area contributed by atoms with E-state index in [1.807, 2.05) is 0 Å². The molecule has 248 valence electrons. The van der Waals surface area contributed by atoms with E-state index in [1.54, 1.807) is 4.90 Å². The summed E-state index contributed by atoms with van der Waals surface area (Å²) in [4.78, 5) is 37.4. The van der Waals surface area contributed by atoms with E-state index in [9.17, 15) is 44.7 Å². The topological polar surface area (TPSA) is 96.7 Å². The number of piperazine rings is 1. The fourth-order valence-electron chi connectivity index (χ4n) is 5.34. The van der Waals surface area contributed by atoms with Crippen LogP contribution in [0.4, 0.5) is 41.1 Å². The Hall–Kier alpha value is -4.35. The molecule has 0 radical (unpaired) electrons. The van der Waals surface area contributed by atoms with Crippen LogP contribution in [0, 0.1) is 0 Å². The van der Waals surface area contributed by atoms with Gasteiger partial charge in [0.15, 0.2) is 0 Å². The van der Waals surface area contributed by atoms with Gasteiger partial charge < -0.3 is 14.5 Å². The monoisotopic (exact) mass is 661 g/mol. The lowest BCUT2D eigenvalue weighted by molar-refractivity contribution is -0.139. The zero-order valence-corrected chi connectivity index (χ0v) is 24.2. The quantitative estimate of drug-likeness (QED) is 0.353. The summed E-state index contributed by atoms with van der Waals surface area (Å²) < 4.78 is 115. The second-order valence-electron chi connectivity index (χ2n) is 10.9. The molecule has 0 bridgehead atoms. The number of hydrogen-bond donors (Lipinski definition) is 0. The Kier molecular flexibility index (Phi) is 8.94. The van der Waals surface area contributed by atoms with E-state index in [0.29, 0.717) is 34.5 Å². The predicted octanol–water partition coefficient (Wildman–Crippen LogP) is 3.86. The number of amides is 1. The molecule has 2 aliphatic heterocycles. The minimum atomic E-state index is -5.10. The first-order chi connectivity index (χ1) is 21.5. The van der Waals surface area contributed by atoms with Crippen LogP contribution in [-0.4, -0.2) is 87.8 Å². The summed E-state index contributed by atoms with van der Waals surface area (Å²) >= 11 is 0. The molecule has 0 unspecified atom stereocenters. The summed E-state index contributed by atoms with van der Waals surface area (Å²) in [5.41, 5.74) is -4.07. The molecular weight excluding hydrogens is 634 g/mol. The first-order valence-corrected chi connectivity index (χ1v) is 13.9. The number of methoxy groups -OCH3 is 1. The number of benzene rings is 1. The summed E-state index contributed by atoms with van der Waals surface area (Å²) in [5.74, 6) is -3.45. The van der Waals surface area contributed by atoms with Crippen LogP contribution >= 0.6 is 0 Å². The molecule has 3 aromatic rings. The maximum absolute atomic E-state index is 14.7. The highest BCUT2D eigenvalue weighted by Gasteiger charge is 2.48.